The number of aryl methyl sites for hydroxylation is 1. The van der Waals surface area contributed by atoms with E-state index in [2.05, 4.69) is 24.4 Å². The van der Waals surface area contributed by atoms with Crippen LogP contribution in [0.4, 0.5) is 5.69 Å². The van der Waals surface area contributed by atoms with Gasteiger partial charge in [0.2, 0.25) is 5.91 Å². The highest BCUT2D eigenvalue weighted by molar-refractivity contribution is 5.95. The number of hydrogen-bond acceptors (Lipinski definition) is 2. The molecule has 1 N–H and O–H groups in total. The molecule has 1 aromatic carbocycles. The van der Waals surface area contributed by atoms with Gasteiger partial charge in [-0.25, -0.2) is 0 Å². The zero-order valence-corrected chi connectivity index (χ0v) is 12.5. The van der Waals surface area contributed by atoms with E-state index in [4.69, 9.17) is 0 Å². The van der Waals surface area contributed by atoms with Gasteiger partial charge in [-0.15, -0.1) is 12.4 Å². The van der Waals surface area contributed by atoms with E-state index in [0.29, 0.717) is 0 Å². The maximum Gasteiger partial charge on any atom is 0.230 e. The van der Waals surface area contributed by atoms with Crippen molar-refractivity contribution in [3.8, 4) is 0 Å². The van der Waals surface area contributed by atoms with Gasteiger partial charge in [-0.1, -0.05) is 12.1 Å². The maximum atomic E-state index is 12.5. The van der Waals surface area contributed by atoms with Gasteiger partial charge in [0.05, 0.1) is 0 Å². The summed E-state index contributed by atoms with van der Waals surface area (Å²) in [6.07, 6.45) is 1.92. The van der Waals surface area contributed by atoms with Gasteiger partial charge in [0, 0.05) is 18.2 Å². The van der Waals surface area contributed by atoms with E-state index < -0.39 is 0 Å². The first kappa shape index (κ1) is 16.0. The highest BCUT2D eigenvalue weighted by Gasteiger charge is 2.25. The van der Waals surface area contributed by atoms with Gasteiger partial charge in [-0.3, -0.25) is 4.79 Å². The van der Waals surface area contributed by atoms with Crippen molar-refractivity contribution in [2.24, 2.45) is 5.92 Å². The van der Waals surface area contributed by atoms with E-state index in [9.17, 15) is 4.79 Å². The minimum absolute atomic E-state index is 0. The molecule has 4 heteroatoms. The third kappa shape index (κ3) is 3.95. The Morgan fingerprint density at radius 1 is 1.37 bits per heavy atom. The average molecular weight is 283 g/mol. The van der Waals surface area contributed by atoms with Gasteiger partial charge in [0.25, 0.3) is 0 Å². The molecule has 1 saturated heterocycles. The van der Waals surface area contributed by atoms with Crippen molar-refractivity contribution in [1.29, 1.82) is 0 Å². The zero-order valence-electron chi connectivity index (χ0n) is 11.7. The van der Waals surface area contributed by atoms with Crippen LogP contribution < -0.4 is 10.2 Å². The van der Waals surface area contributed by atoms with Crippen molar-refractivity contribution in [2.45, 2.75) is 26.7 Å². The number of nitrogens with one attached hydrogen (secondary N) is 1. The smallest absolute Gasteiger partial charge is 0.230 e. The molecule has 1 fully saturated rings. The number of anilines is 1. The number of amides is 1. The van der Waals surface area contributed by atoms with Crippen LogP contribution >= 0.6 is 12.4 Å². The van der Waals surface area contributed by atoms with Crippen molar-refractivity contribution in [2.75, 3.05) is 24.5 Å². The van der Waals surface area contributed by atoms with Crippen LogP contribution in [0.5, 0.6) is 0 Å². The zero-order chi connectivity index (χ0) is 13.0. The molecule has 0 bridgehead atoms. The van der Waals surface area contributed by atoms with Crippen molar-refractivity contribution < 1.29 is 4.79 Å². The number of carbonyl (C=O) groups is 1. The number of piperidine rings is 1. The minimum Gasteiger partial charge on any atom is -0.317 e. The molecule has 0 aromatic heterocycles. The lowest BCUT2D eigenvalue weighted by molar-refractivity contribution is -0.123. The fourth-order valence-electron chi connectivity index (χ4n) is 2.55. The third-order valence-corrected chi connectivity index (χ3v) is 3.58. The summed E-state index contributed by atoms with van der Waals surface area (Å²) in [6.45, 7) is 6.77. The lowest BCUT2D eigenvalue weighted by atomic mass is 9.96. The molecule has 1 aliphatic rings. The van der Waals surface area contributed by atoms with E-state index in [0.717, 1.165) is 38.2 Å². The standard InChI is InChI=1S/C15H22N2O.ClH/c1-3-17(14-6-4-5-12(2)11-14)15(18)13-7-9-16-10-8-13;/h4-6,11,13,16H,3,7-10H2,1-2H3;1H. The molecule has 3 nitrogen and oxygen atoms in total. The molecule has 0 spiro atoms. The van der Waals surface area contributed by atoms with Gasteiger partial charge in [-0.05, 0) is 57.5 Å². The molecule has 1 heterocycles. The van der Waals surface area contributed by atoms with Crippen LogP contribution in [-0.2, 0) is 4.79 Å². The van der Waals surface area contributed by atoms with Gasteiger partial charge < -0.3 is 10.2 Å². The number of carbonyl (C=O) groups excluding carboxylic acids is 1. The van der Waals surface area contributed by atoms with Crippen molar-refractivity contribution in [3.63, 3.8) is 0 Å². The minimum atomic E-state index is 0. The predicted molar refractivity (Wildman–Crippen MR) is 82.0 cm³/mol. The lowest BCUT2D eigenvalue weighted by Gasteiger charge is -2.29. The van der Waals surface area contributed by atoms with Crippen LogP contribution in [0, 0.1) is 12.8 Å². The second-order valence-corrected chi connectivity index (χ2v) is 4.95. The fraction of sp³-hybridized carbons (Fsp3) is 0.533. The van der Waals surface area contributed by atoms with E-state index >= 15 is 0 Å². The number of hydrogen-bond donors (Lipinski definition) is 1. The van der Waals surface area contributed by atoms with E-state index in [1.54, 1.807) is 0 Å². The molecule has 0 aliphatic carbocycles. The first-order chi connectivity index (χ1) is 8.72. The molecule has 1 aliphatic heterocycles. The van der Waals surface area contributed by atoms with E-state index in [1.165, 1.54) is 5.56 Å². The number of halogens is 1. The van der Waals surface area contributed by atoms with Gasteiger partial charge in [0.15, 0.2) is 0 Å². The predicted octanol–water partition coefficient (Wildman–Crippen LogP) is 2.77. The molecule has 0 radical (unpaired) electrons. The molecule has 0 unspecified atom stereocenters. The van der Waals surface area contributed by atoms with Gasteiger partial charge >= 0.3 is 0 Å². The molecule has 1 aromatic rings. The summed E-state index contributed by atoms with van der Waals surface area (Å²) >= 11 is 0. The summed E-state index contributed by atoms with van der Waals surface area (Å²) < 4.78 is 0. The summed E-state index contributed by atoms with van der Waals surface area (Å²) in [5.74, 6) is 0.469. The Kier molecular flexibility index (Phi) is 6.32. The first-order valence-corrected chi connectivity index (χ1v) is 6.81. The lowest BCUT2D eigenvalue weighted by Crippen LogP contribution is -2.41. The summed E-state index contributed by atoms with van der Waals surface area (Å²) in [5.41, 5.74) is 2.23. The summed E-state index contributed by atoms with van der Waals surface area (Å²) in [7, 11) is 0. The van der Waals surface area contributed by atoms with Crippen LogP contribution in [0.15, 0.2) is 24.3 Å². The van der Waals surface area contributed by atoms with E-state index in [1.807, 2.05) is 24.0 Å². The van der Waals surface area contributed by atoms with Crippen molar-refractivity contribution in [3.05, 3.63) is 29.8 Å². The van der Waals surface area contributed by atoms with Crippen LogP contribution in [0.25, 0.3) is 0 Å². The Hall–Kier alpha value is -1.06. The normalized spacial score (nSPS) is 15.7. The quantitative estimate of drug-likeness (QED) is 0.925. The Bertz CT molecular complexity index is 416. The molecule has 0 atom stereocenters. The molecular formula is C15H23ClN2O. The SMILES string of the molecule is CCN(C(=O)C1CCNCC1)c1cccc(C)c1.Cl. The average Bonchev–Trinajstić information content (AvgIpc) is 2.40. The molecule has 0 saturated carbocycles. The molecular weight excluding hydrogens is 260 g/mol. The first-order valence-electron chi connectivity index (χ1n) is 6.81. The molecule has 2 rings (SSSR count). The van der Waals surface area contributed by atoms with Crippen molar-refractivity contribution >= 4 is 24.0 Å². The van der Waals surface area contributed by atoms with Crippen LogP contribution in [-0.4, -0.2) is 25.5 Å². The second-order valence-electron chi connectivity index (χ2n) is 4.95. The van der Waals surface area contributed by atoms with Crippen LogP contribution in [0.2, 0.25) is 0 Å². The van der Waals surface area contributed by atoms with Crippen LogP contribution in [0.1, 0.15) is 25.3 Å². The largest absolute Gasteiger partial charge is 0.317 e. The Morgan fingerprint density at radius 3 is 2.63 bits per heavy atom. The van der Waals surface area contributed by atoms with Gasteiger partial charge in [0.1, 0.15) is 0 Å². The molecule has 19 heavy (non-hydrogen) atoms. The molecule has 1 amide bonds. The maximum absolute atomic E-state index is 12.5. The van der Waals surface area contributed by atoms with Crippen LogP contribution in [0.3, 0.4) is 0 Å². The Balaban J connectivity index is 0.00000180. The number of benzene rings is 1. The highest BCUT2D eigenvalue weighted by Crippen LogP contribution is 2.21. The summed E-state index contributed by atoms with van der Waals surface area (Å²) in [4.78, 5) is 14.5. The topological polar surface area (TPSA) is 32.3 Å². The summed E-state index contributed by atoms with van der Waals surface area (Å²) in [6, 6.07) is 8.19. The second kappa shape index (κ2) is 7.51. The Morgan fingerprint density at radius 2 is 2.05 bits per heavy atom. The Labute approximate surface area is 121 Å². The third-order valence-electron chi connectivity index (χ3n) is 3.58. The fourth-order valence-corrected chi connectivity index (χ4v) is 2.55. The highest BCUT2D eigenvalue weighted by atomic mass is 35.5. The van der Waals surface area contributed by atoms with Crippen molar-refractivity contribution in [1.82, 2.24) is 5.32 Å². The monoisotopic (exact) mass is 282 g/mol. The number of rotatable bonds is 3. The molecule has 106 valence electrons. The summed E-state index contributed by atoms with van der Waals surface area (Å²) in [5, 5.41) is 3.30. The number of nitrogens with zero attached hydrogens (tertiary/aromatic N) is 1. The van der Waals surface area contributed by atoms with E-state index in [-0.39, 0.29) is 24.2 Å². The van der Waals surface area contributed by atoms with Gasteiger partial charge in [-0.2, -0.15) is 0 Å².